The molecular formula is C18H30FIN4O. The molecule has 5 nitrogen and oxygen atoms in total. The summed E-state index contributed by atoms with van der Waals surface area (Å²) in [7, 11) is 0. The van der Waals surface area contributed by atoms with Gasteiger partial charge in [0.2, 0.25) is 0 Å². The number of aliphatic imine (C=N–C) groups is 1. The predicted molar refractivity (Wildman–Crippen MR) is 111 cm³/mol. The first-order chi connectivity index (χ1) is 11.4. The van der Waals surface area contributed by atoms with Crippen molar-refractivity contribution in [2.24, 2.45) is 10.9 Å². The number of phenols is 1. The lowest BCUT2D eigenvalue weighted by atomic mass is 10.1. The molecule has 2 unspecified atom stereocenters. The number of nitrogens with zero attached hydrogens (tertiary/aromatic N) is 2. The first-order valence-corrected chi connectivity index (χ1v) is 8.67. The molecule has 1 saturated heterocycles. The van der Waals surface area contributed by atoms with Crippen LogP contribution in [0, 0.1) is 11.7 Å². The molecule has 2 rings (SSSR count). The molecule has 0 spiro atoms. The molecule has 1 aromatic carbocycles. The summed E-state index contributed by atoms with van der Waals surface area (Å²) in [5.41, 5.74) is 0.728. The molecule has 3 N–H and O–H groups in total. The molecule has 0 bridgehead atoms. The highest BCUT2D eigenvalue weighted by molar-refractivity contribution is 14.0. The zero-order valence-corrected chi connectivity index (χ0v) is 17.8. The van der Waals surface area contributed by atoms with Crippen LogP contribution in [0.25, 0.3) is 0 Å². The molecule has 1 fully saturated rings. The maximum absolute atomic E-state index is 13.4. The Morgan fingerprint density at radius 3 is 2.68 bits per heavy atom. The standard InChI is InChI=1S/C18H29FN4O.HI/c1-5-20-18(21-9-14-6-7-17(24)15(19)8-14)22-16-11-23(12(2)3)10-13(16)4;/h6-8,12-13,16,24H,5,9-11H2,1-4H3,(H2,20,21,22);1H. The van der Waals surface area contributed by atoms with Gasteiger partial charge in [-0.25, -0.2) is 9.38 Å². The van der Waals surface area contributed by atoms with Crippen LogP contribution in [0.1, 0.15) is 33.3 Å². The number of benzene rings is 1. The fourth-order valence-electron chi connectivity index (χ4n) is 2.93. The minimum absolute atomic E-state index is 0. The van der Waals surface area contributed by atoms with Gasteiger partial charge in [-0.1, -0.05) is 13.0 Å². The fourth-order valence-corrected chi connectivity index (χ4v) is 2.93. The number of hydrogen-bond donors (Lipinski definition) is 3. The highest BCUT2D eigenvalue weighted by Crippen LogP contribution is 2.19. The molecule has 0 aromatic heterocycles. The highest BCUT2D eigenvalue weighted by Gasteiger charge is 2.31. The minimum Gasteiger partial charge on any atom is -0.505 e. The van der Waals surface area contributed by atoms with Crippen LogP contribution in [0.15, 0.2) is 23.2 Å². The van der Waals surface area contributed by atoms with E-state index in [1.54, 1.807) is 6.07 Å². The second-order valence-corrected chi connectivity index (χ2v) is 6.76. The smallest absolute Gasteiger partial charge is 0.191 e. The topological polar surface area (TPSA) is 59.9 Å². The molecule has 1 aliphatic heterocycles. The van der Waals surface area contributed by atoms with Crippen molar-refractivity contribution >= 4 is 29.9 Å². The van der Waals surface area contributed by atoms with E-state index in [0.717, 1.165) is 31.2 Å². The lowest BCUT2D eigenvalue weighted by Gasteiger charge is -2.22. The third-order valence-electron chi connectivity index (χ3n) is 4.47. The van der Waals surface area contributed by atoms with Crippen molar-refractivity contribution < 1.29 is 9.50 Å². The third kappa shape index (κ3) is 6.29. The predicted octanol–water partition coefficient (Wildman–Crippen LogP) is 2.93. The molecular weight excluding hydrogens is 434 g/mol. The van der Waals surface area contributed by atoms with Crippen LogP contribution in [0.3, 0.4) is 0 Å². The number of guanidine groups is 1. The number of hydrogen-bond acceptors (Lipinski definition) is 3. The number of aromatic hydroxyl groups is 1. The van der Waals surface area contributed by atoms with E-state index in [-0.39, 0.29) is 29.7 Å². The van der Waals surface area contributed by atoms with Gasteiger partial charge in [0.15, 0.2) is 17.5 Å². The summed E-state index contributed by atoms with van der Waals surface area (Å²) in [6, 6.07) is 5.26. The van der Waals surface area contributed by atoms with Crippen LogP contribution in [0.4, 0.5) is 4.39 Å². The Hall–Kier alpha value is -1.09. The van der Waals surface area contributed by atoms with E-state index in [4.69, 9.17) is 0 Å². The second kappa shape index (κ2) is 10.2. The Morgan fingerprint density at radius 2 is 2.12 bits per heavy atom. The zero-order valence-electron chi connectivity index (χ0n) is 15.4. The summed E-state index contributed by atoms with van der Waals surface area (Å²) >= 11 is 0. The molecule has 25 heavy (non-hydrogen) atoms. The lowest BCUT2D eigenvalue weighted by molar-refractivity contribution is 0.265. The summed E-state index contributed by atoms with van der Waals surface area (Å²) in [5, 5.41) is 16.0. The van der Waals surface area contributed by atoms with Crippen molar-refractivity contribution in [2.75, 3.05) is 19.6 Å². The Kier molecular flexibility index (Phi) is 8.92. The lowest BCUT2D eigenvalue weighted by Crippen LogP contribution is -2.46. The highest BCUT2D eigenvalue weighted by atomic mass is 127. The second-order valence-electron chi connectivity index (χ2n) is 6.76. The van der Waals surface area contributed by atoms with E-state index in [1.165, 1.54) is 12.1 Å². The fraction of sp³-hybridized carbons (Fsp3) is 0.611. The van der Waals surface area contributed by atoms with Crippen LogP contribution in [0.5, 0.6) is 5.75 Å². The van der Waals surface area contributed by atoms with Crippen LogP contribution in [-0.2, 0) is 6.54 Å². The van der Waals surface area contributed by atoms with Gasteiger partial charge >= 0.3 is 0 Å². The monoisotopic (exact) mass is 464 g/mol. The van der Waals surface area contributed by atoms with Crippen LogP contribution >= 0.6 is 24.0 Å². The van der Waals surface area contributed by atoms with Gasteiger partial charge in [-0.15, -0.1) is 24.0 Å². The van der Waals surface area contributed by atoms with Crippen LogP contribution < -0.4 is 10.6 Å². The summed E-state index contributed by atoms with van der Waals surface area (Å²) in [5.74, 6) is 0.342. The van der Waals surface area contributed by atoms with Crippen molar-refractivity contribution in [3.05, 3.63) is 29.6 Å². The van der Waals surface area contributed by atoms with E-state index in [9.17, 15) is 9.50 Å². The third-order valence-corrected chi connectivity index (χ3v) is 4.47. The Labute approximate surface area is 167 Å². The van der Waals surface area contributed by atoms with Crippen LogP contribution in [0.2, 0.25) is 0 Å². The van der Waals surface area contributed by atoms with Crippen molar-refractivity contribution in [3.8, 4) is 5.75 Å². The molecule has 0 radical (unpaired) electrons. The minimum atomic E-state index is -0.613. The van der Waals surface area contributed by atoms with Crippen molar-refractivity contribution in [3.63, 3.8) is 0 Å². The van der Waals surface area contributed by atoms with Crippen molar-refractivity contribution in [2.45, 2.75) is 46.3 Å². The van der Waals surface area contributed by atoms with Gasteiger partial charge in [-0.05, 0) is 44.4 Å². The van der Waals surface area contributed by atoms with E-state index in [2.05, 4.69) is 41.3 Å². The average molecular weight is 464 g/mol. The Bertz CT molecular complexity index is 582. The van der Waals surface area contributed by atoms with Gasteiger partial charge in [0.1, 0.15) is 0 Å². The van der Waals surface area contributed by atoms with Gasteiger partial charge in [0, 0.05) is 31.7 Å². The molecule has 0 saturated carbocycles. The summed E-state index contributed by atoms with van der Waals surface area (Å²) in [6.45, 7) is 11.9. The number of rotatable bonds is 5. The molecule has 2 atom stereocenters. The van der Waals surface area contributed by atoms with E-state index in [1.807, 2.05) is 6.92 Å². The van der Waals surface area contributed by atoms with E-state index in [0.29, 0.717) is 24.5 Å². The number of phenolic OH excluding ortho intramolecular Hbond substituents is 1. The molecule has 142 valence electrons. The summed E-state index contributed by atoms with van der Waals surface area (Å²) in [4.78, 5) is 7.01. The van der Waals surface area contributed by atoms with E-state index >= 15 is 0 Å². The normalized spacial score (nSPS) is 21.3. The quantitative estimate of drug-likeness (QED) is 0.357. The average Bonchev–Trinajstić information content (AvgIpc) is 2.90. The number of likely N-dealkylation sites (tertiary alicyclic amines) is 1. The molecule has 0 amide bonds. The maximum Gasteiger partial charge on any atom is 0.191 e. The van der Waals surface area contributed by atoms with E-state index < -0.39 is 5.82 Å². The molecule has 1 aromatic rings. The van der Waals surface area contributed by atoms with Gasteiger partial charge in [0.25, 0.3) is 0 Å². The maximum atomic E-state index is 13.4. The summed E-state index contributed by atoms with van der Waals surface area (Å²) < 4.78 is 13.4. The van der Waals surface area contributed by atoms with Gasteiger partial charge in [0.05, 0.1) is 6.54 Å². The zero-order chi connectivity index (χ0) is 17.7. The number of nitrogens with one attached hydrogen (secondary N) is 2. The Balaban J connectivity index is 0.00000312. The van der Waals surface area contributed by atoms with Crippen molar-refractivity contribution in [1.29, 1.82) is 0 Å². The molecule has 1 aliphatic rings. The van der Waals surface area contributed by atoms with Gasteiger partial charge in [-0.2, -0.15) is 0 Å². The first kappa shape index (κ1) is 22.0. The first-order valence-electron chi connectivity index (χ1n) is 8.67. The van der Waals surface area contributed by atoms with Gasteiger partial charge in [-0.3, -0.25) is 4.90 Å². The Morgan fingerprint density at radius 1 is 1.40 bits per heavy atom. The summed E-state index contributed by atoms with van der Waals surface area (Å²) in [6.07, 6.45) is 0. The van der Waals surface area contributed by atoms with Crippen molar-refractivity contribution in [1.82, 2.24) is 15.5 Å². The van der Waals surface area contributed by atoms with Gasteiger partial charge < -0.3 is 15.7 Å². The van der Waals surface area contributed by atoms with Crippen LogP contribution in [-0.4, -0.2) is 47.7 Å². The SMILES string of the molecule is CCNC(=NCc1ccc(O)c(F)c1)NC1CN(C(C)C)CC1C.I. The molecule has 1 heterocycles. The molecule has 0 aliphatic carbocycles. The number of halogens is 2. The molecule has 7 heteroatoms. The largest absolute Gasteiger partial charge is 0.505 e.